The van der Waals surface area contributed by atoms with Crippen molar-refractivity contribution in [2.45, 2.75) is 31.2 Å². The van der Waals surface area contributed by atoms with Gasteiger partial charge in [0.25, 0.3) is 11.8 Å². The fourth-order valence-corrected chi connectivity index (χ4v) is 4.38. The summed E-state index contributed by atoms with van der Waals surface area (Å²) in [5, 5.41) is 15.6. The molecule has 0 radical (unpaired) electrons. The Balaban J connectivity index is 1.43. The Morgan fingerprint density at radius 2 is 1.60 bits per heavy atom. The highest BCUT2D eigenvalue weighted by atomic mass is 19.4. The monoisotopic (exact) mass is 599 g/mol. The first kappa shape index (κ1) is 31.0. The largest absolute Gasteiger partial charge is 0.508 e. The van der Waals surface area contributed by atoms with E-state index in [0.29, 0.717) is 37.2 Å². The van der Waals surface area contributed by atoms with Gasteiger partial charge in [-0.2, -0.15) is 13.2 Å². The molecule has 1 aliphatic heterocycles. The molecule has 0 aromatic heterocycles. The van der Waals surface area contributed by atoms with E-state index >= 15 is 0 Å². The van der Waals surface area contributed by atoms with Gasteiger partial charge in [0.15, 0.2) is 0 Å². The third-order valence-electron chi connectivity index (χ3n) is 6.71. The Morgan fingerprint density at radius 1 is 0.953 bits per heavy atom. The lowest BCUT2D eigenvalue weighted by Crippen LogP contribution is -2.49. The molecule has 3 aromatic carbocycles. The van der Waals surface area contributed by atoms with Crippen LogP contribution in [0.2, 0.25) is 0 Å². The molecule has 3 aromatic rings. The second-order valence-electron chi connectivity index (χ2n) is 9.71. The molecule has 0 unspecified atom stereocenters. The first-order valence-corrected chi connectivity index (χ1v) is 13.2. The van der Waals surface area contributed by atoms with Gasteiger partial charge in [0.1, 0.15) is 17.6 Å². The zero-order chi connectivity index (χ0) is 31.1. The van der Waals surface area contributed by atoms with Gasteiger partial charge in [-0.15, -0.1) is 0 Å². The van der Waals surface area contributed by atoms with Crippen molar-refractivity contribution in [1.82, 2.24) is 10.6 Å². The molecule has 1 aliphatic rings. The number of nitrogens with zero attached hydrogens (tertiary/aromatic N) is 1. The highest BCUT2D eigenvalue weighted by Gasteiger charge is 2.42. The molecule has 0 bridgehead atoms. The Labute approximate surface area is 244 Å². The van der Waals surface area contributed by atoms with Crippen LogP contribution in [0.1, 0.15) is 43.9 Å². The summed E-state index contributed by atoms with van der Waals surface area (Å²) in [6.45, 7) is 1.04. The number of alkyl halides is 3. The fourth-order valence-electron chi connectivity index (χ4n) is 4.38. The summed E-state index contributed by atoms with van der Waals surface area (Å²) in [6, 6.07) is 16.0. The number of aromatic hydroxyl groups is 1. The van der Waals surface area contributed by atoms with Gasteiger partial charge in [-0.05, 0) is 80.1 Å². The number of anilines is 1. The third kappa shape index (κ3) is 7.89. The summed E-state index contributed by atoms with van der Waals surface area (Å²) in [5.41, 5.74) is 0.539. The standard InChI is InChI=1S/C30H28F3N3O7/c1-36(27(39)22-5-2-3-6-24(22)43-29(41)30(31,32)33)20-12-8-19(9-13-20)28(40)42-25-7-4-16-34-17-23(25)35-26(38)18-10-14-21(37)15-11-18/h2-3,5-6,8-15,23,25,34,37H,4,7,16-17H2,1H3,(H,35,38)/t23-,25-/m1/s1. The van der Waals surface area contributed by atoms with Crippen molar-refractivity contribution >= 4 is 29.4 Å². The molecule has 0 spiro atoms. The number of phenols is 1. The molecule has 3 N–H and O–H groups in total. The maximum absolute atomic E-state index is 13.1. The van der Waals surface area contributed by atoms with E-state index in [1.165, 1.54) is 73.8 Å². The Bertz CT molecular complexity index is 1480. The highest BCUT2D eigenvalue weighted by molar-refractivity contribution is 6.08. The number of nitrogens with one attached hydrogen (secondary N) is 2. The highest BCUT2D eigenvalue weighted by Crippen LogP contribution is 2.26. The molecule has 1 heterocycles. The number of hydrogen-bond donors (Lipinski definition) is 3. The van der Waals surface area contributed by atoms with Crippen LogP contribution in [-0.2, 0) is 9.53 Å². The van der Waals surface area contributed by atoms with Crippen molar-refractivity contribution in [3.63, 3.8) is 0 Å². The number of rotatable bonds is 7. The van der Waals surface area contributed by atoms with Crippen molar-refractivity contribution in [3.8, 4) is 11.5 Å². The maximum atomic E-state index is 13.1. The van der Waals surface area contributed by atoms with Crippen LogP contribution < -0.4 is 20.3 Å². The zero-order valence-electron chi connectivity index (χ0n) is 22.9. The second kappa shape index (κ2) is 13.4. The van der Waals surface area contributed by atoms with Gasteiger partial charge in [0, 0.05) is 24.8 Å². The Morgan fingerprint density at radius 3 is 2.28 bits per heavy atom. The predicted octanol–water partition coefficient (Wildman–Crippen LogP) is 3.84. The maximum Gasteiger partial charge on any atom is 0.491 e. The summed E-state index contributed by atoms with van der Waals surface area (Å²) in [7, 11) is 1.37. The van der Waals surface area contributed by atoms with Gasteiger partial charge in [0.2, 0.25) is 0 Å². The quantitative estimate of drug-likeness (QED) is 0.276. The molecule has 226 valence electrons. The molecule has 0 saturated carbocycles. The average molecular weight is 600 g/mol. The number of para-hydroxylation sites is 1. The fraction of sp³-hybridized carbons (Fsp3) is 0.267. The number of hydrogen-bond acceptors (Lipinski definition) is 8. The van der Waals surface area contributed by atoms with Crippen LogP contribution in [0.25, 0.3) is 0 Å². The molecular weight excluding hydrogens is 571 g/mol. The topological polar surface area (TPSA) is 134 Å². The molecule has 1 saturated heterocycles. The van der Waals surface area contributed by atoms with E-state index in [4.69, 9.17) is 4.74 Å². The lowest BCUT2D eigenvalue weighted by Gasteiger charge is -2.26. The van der Waals surface area contributed by atoms with E-state index in [-0.39, 0.29) is 22.8 Å². The van der Waals surface area contributed by atoms with E-state index in [0.717, 1.165) is 11.0 Å². The van der Waals surface area contributed by atoms with E-state index in [2.05, 4.69) is 15.4 Å². The van der Waals surface area contributed by atoms with E-state index in [9.17, 15) is 37.5 Å². The molecule has 1 fully saturated rings. The smallest absolute Gasteiger partial charge is 0.491 e. The first-order valence-electron chi connectivity index (χ1n) is 13.2. The van der Waals surface area contributed by atoms with E-state index < -0.39 is 41.9 Å². The molecule has 2 amide bonds. The van der Waals surface area contributed by atoms with Crippen LogP contribution in [0.15, 0.2) is 72.8 Å². The minimum atomic E-state index is -5.24. The Kier molecular flexibility index (Phi) is 9.66. The first-order chi connectivity index (χ1) is 20.4. The average Bonchev–Trinajstić information content (AvgIpc) is 3.21. The lowest BCUT2D eigenvalue weighted by molar-refractivity contribution is -0.189. The third-order valence-corrected chi connectivity index (χ3v) is 6.71. The summed E-state index contributed by atoms with van der Waals surface area (Å²) in [5.74, 6) is -4.77. The van der Waals surface area contributed by atoms with Crippen LogP contribution >= 0.6 is 0 Å². The van der Waals surface area contributed by atoms with Gasteiger partial charge in [-0.25, -0.2) is 9.59 Å². The van der Waals surface area contributed by atoms with Crippen LogP contribution in [0.3, 0.4) is 0 Å². The minimum absolute atomic E-state index is 0.0253. The van der Waals surface area contributed by atoms with Crippen LogP contribution in [-0.4, -0.2) is 67.3 Å². The molecule has 10 nitrogen and oxygen atoms in total. The SMILES string of the molecule is CN(C(=O)c1ccccc1OC(=O)C(F)(F)F)c1ccc(C(=O)O[C@@H]2CCCNC[C@H]2NC(=O)c2ccc(O)cc2)cc1. The minimum Gasteiger partial charge on any atom is -0.508 e. The van der Waals surface area contributed by atoms with Gasteiger partial charge in [0.05, 0.1) is 17.2 Å². The van der Waals surface area contributed by atoms with Crippen molar-refractivity contribution in [1.29, 1.82) is 0 Å². The molecule has 13 heteroatoms. The Hall–Kier alpha value is -4.91. The zero-order valence-corrected chi connectivity index (χ0v) is 22.9. The van der Waals surface area contributed by atoms with Gasteiger partial charge >= 0.3 is 18.1 Å². The van der Waals surface area contributed by atoms with E-state index in [1.54, 1.807) is 0 Å². The number of halogens is 3. The number of phenolic OH excluding ortho intramolecular Hbond substituents is 1. The van der Waals surface area contributed by atoms with Gasteiger partial charge in [-0.1, -0.05) is 12.1 Å². The van der Waals surface area contributed by atoms with Crippen molar-refractivity contribution < 1.29 is 46.9 Å². The number of esters is 2. The second-order valence-corrected chi connectivity index (χ2v) is 9.71. The molecule has 43 heavy (non-hydrogen) atoms. The number of ether oxygens (including phenoxy) is 2. The van der Waals surface area contributed by atoms with Crippen molar-refractivity contribution in [2.24, 2.45) is 0 Å². The van der Waals surface area contributed by atoms with Crippen molar-refractivity contribution in [3.05, 3.63) is 89.5 Å². The van der Waals surface area contributed by atoms with E-state index in [1.807, 2.05) is 0 Å². The normalized spacial score (nSPS) is 16.8. The van der Waals surface area contributed by atoms with Crippen LogP contribution in [0.4, 0.5) is 18.9 Å². The molecule has 0 aliphatic carbocycles. The summed E-state index contributed by atoms with van der Waals surface area (Å²) >= 11 is 0. The summed E-state index contributed by atoms with van der Waals surface area (Å²) in [4.78, 5) is 51.3. The molecule has 4 rings (SSSR count). The van der Waals surface area contributed by atoms with Gasteiger partial charge in [-0.3, -0.25) is 9.59 Å². The number of carbonyl (C=O) groups excluding carboxylic acids is 4. The van der Waals surface area contributed by atoms with Gasteiger partial charge < -0.3 is 30.1 Å². The summed E-state index contributed by atoms with van der Waals surface area (Å²) in [6.07, 6.45) is -4.68. The molecule has 2 atom stereocenters. The summed E-state index contributed by atoms with van der Waals surface area (Å²) < 4.78 is 48.2. The number of carbonyl (C=O) groups is 4. The van der Waals surface area contributed by atoms with Crippen molar-refractivity contribution in [2.75, 3.05) is 25.0 Å². The predicted molar refractivity (Wildman–Crippen MR) is 148 cm³/mol. The lowest BCUT2D eigenvalue weighted by atomic mass is 10.1. The number of amides is 2. The van der Waals surface area contributed by atoms with Crippen LogP contribution in [0, 0.1) is 0 Å². The van der Waals surface area contributed by atoms with Crippen LogP contribution in [0.5, 0.6) is 11.5 Å². The number of benzene rings is 3. The molecular formula is C30H28F3N3O7.